The number of nitrogens with zero attached hydrogens (tertiary/aromatic N) is 2. The molecule has 0 radical (unpaired) electrons. The van der Waals surface area contributed by atoms with Gasteiger partial charge in [-0.1, -0.05) is 13.8 Å². The molecule has 0 bridgehead atoms. The zero-order valence-corrected chi connectivity index (χ0v) is 10.3. The van der Waals surface area contributed by atoms with E-state index in [2.05, 4.69) is 29.2 Å². The van der Waals surface area contributed by atoms with Crippen LogP contribution >= 0.6 is 22.7 Å². The van der Waals surface area contributed by atoms with Crippen molar-refractivity contribution in [3.05, 3.63) is 32.7 Å². The molecule has 2 heterocycles. The molecule has 15 heavy (non-hydrogen) atoms. The predicted molar refractivity (Wildman–Crippen MR) is 64.3 cm³/mol. The summed E-state index contributed by atoms with van der Waals surface area (Å²) in [4.78, 5) is 8.73. The van der Waals surface area contributed by atoms with Crippen LogP contribution in [0.3, 0.4) is 0 Å². The van der Waals surface area contributed by atoms with Crippen LogP contribution in [0.4, 0.5) is 0 Å². The van der Waals surface area contributed by atoms with Crippen molar-refractivity contribution in [3.63, 3.8) is 0 Å². The smallest absolute Gasteiger partial charge is 0.117 e. The molecule has 2 N–H and O–H groups in total. The highest BCUT2D eigenvalue weighted by molar-refractivity contribution is 7.11. The van der Waals surface area contributed by atoms with E-state index in [0.29, 0.717) is 5.92 Å². The van der Waals surface area contributed by atoms with Crippen LogP contribution in [0.5, 0.6) is 0 Å². The molecule has 0 aliphatic carbocycles. The monoisotopic (exact) mass is 239 g/mol. The van der Waals surface area contributed by atoms with Crippen LogP contribution < -0.4 is 5.73 Å². The lowest BCUT2D eigenvalue weighted by atomic mass is 10.2. The van der Waals surface area contributed by atoms with Crippen molar-refractivity contribution in [2.45, 2.75) is 25.8 Å². The van der Waals surface area contributed by atoms with Gasteiger partial charge in [-0.15, -0.1) is 22.7 Å². The fraction of sp³-hybridized carbons (Fsp3) is 0.400. The SMILES string of the molecule is CC(C)c1csc(C(N)c2nccs2)n1. The summed E-state index contributed by atoms with van der Waals surface area (Å²) < 4.78 is 0. The highest BCUT2D eigenvalue weighted by atomic mass is 32.1. The average molecular weight is 239 g/mol. The van der Waals surface area contributed by atoms with Gasteiger partial charge in [-0.05, 0) is 5.92 Å². The summed E-state index contributed by atoms with van der Waals surface area (Å²) in [6.45, 7) is 4.27. The Labute approximate surface area is 97.0 Å². The van der Waals surface area contributed by atoms with Gasteiger partial charge in [0.05, 0.1) is 5.69 Å². The minimum Gasteiger partial charge on any atom is -0.316 e. The molecule has 0 aromatic carbocycles. The normalized spacial score (nSPS) is 13.3. The number of hydrogen-bond donors (Lipinski definition) is 1. The van der Waals surface area contributed by atoms with E-state index < -0.39 is 0 Å². The first kappa shape index (κ1) is 10.7. The van der Waals surface area contributed by atoms with Crippen LogP contribution in [0.2, 0.25) is 0 Å². The Hall–Kier alpha value is -0.780. The van der Waals surface area contributed by atoms with E-state index in [-0.39, 0.29) is 6.04 Å². The molecular weight excluding hydrogens is 226 g/mol. The fourth-order valence-electron chi connectivity index (χ4n) is 1.20. The Balaban J connectivity index is 2.23. The van der Waals surface area contributed by atoms with Crippen molar-refractivity contribution in [1.82, 2.24) is 9.97 Å². The summed E-state index contributed by atoms with van der Waals surface area (Å²) in [6, 6.07) is -0.164. The minimum absolute atomic E-state index is 0.164. The first-order valence-electron chi connectivity index (χ1n) is 4.78. The third kappa shape index (κ3) is 2.25. The van der Waals surface area contributed by atoms with Gasteiger partial charge in [-0.25, -0.2) is 9.97 Å². The summed E-state index contributed by atoms with van der Waals surface area (Å²) in [5, 5.41) is 5.90. The first-order chi connectivity index (χ1) is 7.18. The van der Waals surface area contributed by atoms with Crippen LogP contribution in [0, 0.1) is 0 Å². The Morgan fingerprint density at radius 1 is 1.27 bits per heavy atom. The highest BCUT2D eigenvalue weighted by Gasteiger charge is 2.16. The highest BCUT2D eigenvalue weighted by Crippen LogP contribution is 2.26. The lowest BCUT2D eigenvalue weighted by molar-refractivity contribution is 0.791. The van der Waals surface area contributed by atoms with Crippen LogP contribution in [0.25, 0.3) is 0 Å². The van der Waals surface area contributed by atoms with E-state index in [1.54, 1.807) is 28.9 Å². The molecule has 2 rings (SSSR count). The molecule has 0 aliphatic heterocycles. The molecule has 0 amide bonds. The van der Waals surface area contributed by atoms with Gasteiger partial charge in [0.15, 0.2) is 0 Å². The van der Waals surface area contributed by atoms with Crippen molar-refractivity contribution < 1.29 is 0 Å². The van der Waals surface area contributed by atoms with Crippen LogP contribution in [0.15, 0.2) is 17.0 Å². The second kappa shape index (κ2) is 4.38. The van der Waals surface area contributed by atoms with Gasteiger partial charge in [-0.2, -0.15) is 0 Å². The molecule has 2 aromatic heterocycles. The molecule has 5 heteroatoms. The maximum Gasteiger partial charge on any atom is 0.117 e. The molecule has 0 spiro atoms. The van der Waals surface area contributed by atoms with E-state index >= 15 is 0 Å². The lowest BCUT2D eigenvalue weighted by Crippen LogP contribution is -2.11. The Morgan fingerprint density at radius 3 is 2.60 bits per heavy atom. The molecule has 3 nitrogen and oxygen atoms in total. The second-order valence-electron chi connectivity index (χ2n) is 3.61. The molecule has 2 aromatic rings. The van der Waals surface area contributed by atoms with Crippen molar-refractivity contribution >= 4 is 22.7 Å². The van der Waals surface area contributed by atoms with Crippen LogP contribution in [-0.2, 0) is 0 Å². The van der Waals surface area contributed by atoms with E-state index in [1.165, 1.54) is 0 Å². The zero-order valence-electron chi connectivity index (χ0n) is 8.68. The third-order valence-electron chi connectivity index (χ3n) is 2.11. The molecule has 80 valence electrons. The quantitative estimate of drug-likeness (QED) is 0.896. The van der Waals surface area contributed by atoms with Crippen molar-refractivity contribution in [1.29, 1.82) is 0 Å². The van der Waals surface area contributed by atoms with Crippen molar-refractivity contribution in [2.24, 2.45) is 5.73 Å². The fourth-order valence-corrected chi connectivity index (χ4v) is 2.90. The summed E-state index contributed by atoms with van der Waals surface area (Å²) in [6.07, 6.45) is 1.77. The van der Waals surface area contributed by atoms with E-state index in [1.807, 2.05) is 5.38 Å². The summed E-state index contributed by atoms with van der Waals surface area (Å²) in [5.41, 5.74) is 7.18. The van der Waals surface area contributed by atoms with Gasteiger partial charge >= 0.3 is 0 Å². The maximum absolute atomic E-state index is 6.07. The number of nitrogens with two attached hydrogens (primary N) is 1. The third-order valence-corrected chi connectivity index (χ3v) is 3.92. The Bertz CT molecular complexity index is 420. The molecular formula is C10H13N3S2. The Kier molecular flexibility index (Phi) is 3.14. The molecule has 0 aliphatic rings. The predicted octanol–water partition coefficient (Wildman–Crippen LogP) is 2.77. The van der Waals surface area contributed by atoms with Gasteiger partial charge in [0, 0.05) is 17.0 Å². The Morgan fingerprint density at radius 2 is 2.07 bits per heavy atom. The van der Waals surface area contributed by atoms with E-state index in [4.69, 9.17) is 5.73 Å². The number of hydrogen-bond acceptors (Lipinski definition) is 5. The van der Waals surface area contributed by atoms with E-state index in [0.717, 1.165) is 15.7 Å². The van der Waals surface area contributed by atoms with Crippen LogP contribution in [-0.4, -0.2) is 9.97 Å². The molecule has 1 atom stereocenters. The standard InChI is InChI=1S/C10H13N3S2/c1-6(2)7-5-15-10(13-7)8(11)9-12-3-4-14-9/h3-6,8H,11H2,1-2H3. The zero-order chi connectivity index (χ0) is 10.8. The minimum atomic E-state index is -0.164. The molecule has 1 unspecified atom stereocenters. The molecule has 0 saturated heterocycles. The van der Waals surface area contributed by atoms with Crippen molar-refractivity contribution in [2.75, 3.05) is 0 Å². The van der Waals surface area contributed by atoms with E-state index in [9.17, 15) is 0 Å². The number of rotatable bonds is 3. The summed E-state index contributed by atoms with van der Waals surface area (Å²) >= 11 is 3.19. The summed E-state index contributed by atoms with van der Waals surface area (Å²) in [7, 11) is 0. The van der Waals surface area contributed by atoms with Gasteiger partial charge in [0.25, 0.3) is 0 Å². The van der Waals surface area contributed by atoms with Gasteiger partial charge in [0.1, 0.15) is 16.1 Å². The van der Waals surface area contributed by atoms with Crippen molar-refractivity contribution in [3.8, 4) is 0 Å². The van der Waals surface area contributed by atoms with Gasteiger partial charge in [-0.3, -0.25) is 0 Å². The lowest BCUT2D eigenvalue weighted by Gasteiger charge is -2.03. The number of aromatic nitrogens is 2. The first-order valence-corrected chi connectivity index (χ1v) is 6.54. The molecule has 0 saturated carbocycles. The maximum atomic E-state index is 6.07. The topological polar surface area (TPSA) is 51.8 Å². The largest absolute Gasteiger partial charge is 0.316 e. The number of thiazole rings is 2. The average Bonchev–Trinajstić information content (AvgIpc) is 2.88. The molecule has 0 fully saturated rings. The van der Waals surface area contributed by atoms with Crippen LogP contribution in [0.1, 0.15) is 41.5 Å². The second-order valence-corrected chi connectivity index (χ2v) is 5.43. The van der Waals surface area contributed by atoms with Gasteiger partial charge < -0.3 is 5.73 Å². The van der Waals surface area contributed by atoms with Gasteiger partial charge in [0.2, 0.25) is 0 Å². The summed E-state index contributed by atoms with van der Waals surface area (Å²) in [5.74, 6) is 0.457.